The Morgan fingerprint density at radius 1 is 1.56 bits per heavy atom. The zero-order valence-corrected chi connectivity index (χ0v) is 8.74. The fourth-order valence-electron chi connectivity index (χ4n) is 1.28. The Morgan fingerprint density at radius 3 is 3.00 bits per heavy atom. The van der Waals surface area contributed by atoms with Crippen molar-refractivity contribution in [2.24, 2.45) is 7.05 Å². The van der Waals surface area contributed by atoms with Gasteiger partial charge < -0.3 is 5.11 Å². The van der Waals surface area contributed by atoms with Crippen LogP contribution < -0.4 is 0 Å². The van der Waals surface area contributed by atoms with Crippen LogP contribution in [-0.4, -0.2) is 35.9 Å². The molecule has 16 heavy (non-hydrogen) atoms. The molecule has 0 saturated heterocycles. The molecule has 1 N–H and O–H groups in total. The summed E-state index contributed by atoms with van der Waals surface area (Å²) in [6.45, 7) is 0. The molecule has 2 aromatic heterocycles. The molecule has 2 rings (SSSR count). The number of aryl methyl sites for hydroxylation is 2. The molecule has 7 nitrogen and oxygen atoms in total. The molecule has 0 aliphatic rings. The van der Waals surface area contributed by atoms with Crippen LogP contribution in [0.25, 0.3) is 5.82 Å². The zero-order valence-electron chi connectivity index (χ0n) is 8.74. The number of carboxylic acid groups (broad SMARTS) is 1. The van der Waals surface area contributed by atoms with E-state index in [-0.39, 0.29) is 6.42 Å². The SMILES string of the molecule is Cn1ccc(-n2cc(CCC(=O)O)nn2)n1. The summed E-state index contributed by atoms with van der Waals surface area (Å²) in [6.07, 6.45) is 3.92. The van der Waals surface area contributed by atoms with E-state index in [2.05, 4.69) is 15.4 Å². The van der Waals surface area contributed by atoms with Gasteiger partial charge in [-0.15, -0.1) is 5.10 Å². The first kappa shape index (κ1) is 10.3. The second kappa shape index (κ2) is 4.13. The van der Waals surface area contributed by atoms with Gasteiger partial charge in [0.25, 0.3) is 0 Å². The summed E-state index contributed by atoms with van der Waals surface area (Å²) in [4.78, 5) is 10.4. The summed E-state index contributed by atoms with van der Waals surface area (Å²) in [6, 6.07) is 1.80. The Morgan fingerprint density at radius 2 is 2.38 bits per heavy atom. The molecule has 0 aliphatic heterocycles. The Balaban J connectivity index is 2.10. The maximum atomic E-state index is 10.4. The molecule has 7 heteroatoms. The van der Waals surface area contributed by atoms with Gasteiger partial charge in [-0.2, -0.15) is 5.10 Å². The Labute approximate surface area is 91.3 Å². The highest BCUT2D eigenvalue weighted by molar-refractivity contribution is 5.66. The smallest absolute Gasteiger partial charge is 0.303 e. The van der Waals surface area contributed by atoms with Gasteiger partial charge in [0.05, 0.1) is 18.3 Å². The van der Waals surface area contributed by atoms with E-state index in [0.29, 0.717) is 17.9 Å². The lowest BCUT2D eigenvalue weighted by molar-refractivity contribution is -0.136. The predicted octanol–water partition coefficient (Wildman–Crippen LogP) is 0.0180. The molecule has 0 saturated carbocycles. The third kappa shape index (κ3) is 2.25. The third-order valence-electron chi connectivity index (χ3n) is 2.07. The van der Waals surface area contributed by atoms with Crippen molar-refractivity contribution in [1.29, 1.82) is 0 Å². The van der Waals surface area contributed by atoms with Crippen molar-refractivity contribution in [2.45, 2.75) is 12.8 Å². The van der Waals surface area contributed by atoms with Gasteiger partial charge in [-0.3, -0.25) is 9.48 Å². The molecular formula is C9H11N5O2. The first-order chi connectivity index (χ1) is 7.65. The molecular weight excluding hydrogens is 210 g/mol. The fraction of sp³-hybridized carbons (Fsp3) is 0.333. The van der Waals surface area contributed by atoms with E-state index in [1.165, 1.54) is 4.68 Å². The molecule has 0 unspecified atom stereocenters. The van der Waals surface area contributed by atoms with Crippen LogP contribution in [0.1, 0.15) is 12.1 Å². The minimum absolute atomic E-state index is 0.0565. The number of carbonyl (C=O) groups is 1. The largest absolute Gasteiger partial charge is 0.481 e. The van der Waals surface area contributed by atoms with Gasteiger partial charge in [0.15, 0.2) is 5.82 Å². The number of aliphatic carboxylic acids is 1. The normalized spacial score (nSPS) is 10.6. The standard InChI is InChI=1S/C9H11N5O2/c1-13-5-4-8(11-13)14-6-7(10-12-14)2-3-9(15)16/h4-6H,2-3H2,1H3,(H,15,16). The van der Waals surface area contributed by atoms with E-state index in [1.807, 2.05) is 7.05 Å². The van der Waals surface area contributed by atoms with E-state index in [0.717, 1.165) is 0 Å². The first-order valence-electron chi connectivity index (χ1n) is 4.78. The van der Waals surface area contributed by atoms with E-state index >= 15 is 0 Å². The summed E-state index contributed by atoms with van der Waals surface area (Å²) in [5.74, 6) is -0.177. The van der Waals surface area contributed by atoms with Crippen LogP contribution in [0.2, 0.25) is 0 Å². The molecule has 0 fully saturated rings. The van der Waals surface area contributed by atoms with E-state index in [4.69, 9.17) is 5.11 Å². The third-order valence-corrected chi connectivity index (χ3v) is 2.07. The maximum absolute atomic E-state index is 10.4. The monoisotopic (exact) mass is 221 g/mol. The second-order valence-electron chi connectivity index (χ2n) is 3.40. The van der Waals surface area contributed by atoms with Crippen LogP contribution in [0.4, 0.5) is 0 Å². The van der Waals surface area contributed by atoms with Crippen molar-refractivity contribution in [3.8, 4) is 5.82 Å². The fourth-order valence-corrected chi connectivity index (χ4v) is 1.28. The van der Waals surface area contributed by atoms with Crippen LogP contribution in [0.5, 0.6) is 0 Å². The number of nitrogens with zero attached hydrogens (tertiary/aromatic N) is 5. The van der Waals surface area contributed by atoms with Crippen LogP contribution in [-0.2, 0) is 18.3 Å². The van der Waals surface area contributed by atoms with Gasteiger partial charge >= 0.3 is 5.97 Å². The number of carboxylic acids is 1. The quantitative estimate of drug-likeness (QED) is 0.786. The van der Waals surface area contributed by atoms with Crippen molar-refractivity contribution >= 4 is 5.97 Å². The average Bonchev–Trinajstić information content (AvgIpc) is 2.83. The van der Waals surface area contributed by atoms with Crippen LogP contribution in [0.15, 0.2) is 18.5 Å². The minimum Gasteiger partial charge on any atom is -0.481 e. The topological polar surface area (TPSA) is 85.8 Å². The molecule has 2 aromatic rings. The lowest BCUT2D eigenvalue weighted by atomic mass is 10.2. The molecule has 0 bridgehead atoms. The van der Waals surface area contributed by atoms with Gasteiger partial charge in [-0.05, 0) is 0 Å². The van der Waals surface area contributed by atoms with E-state index < -0.39 is 5.97 Å². The van der Waals surface area contributed by atoms with Crippen LogP contribution >= 0.6 is 0 Å². The van der Waals surface area contributed by atoms with Crippen LogP contribution in [0.3, 0.4) is 0 Å². The minimum atomic E-state index is -0.840. The molecule has 0 aromatic carbocycles. The number of hydrogen-bond acceptors (Lipinski definition) is 4. The maximum Gasteiger partial charge on any atom is 0.303 e. The second-order valence-corrected chi connectivity index (χ2v) is 3.40. The van der Waals surface area contributed by atoms with Gasteiger partial charge in [0, 0.05) is 25.7 Å². The number of hydrogen-bond donors (Lipinski definition) is 1. The molecule has 84 valence electrons. The Hall–Kier alpha value is -2.18. The zero-order chi connectivity index (χ0) is 11.5. The van der Waals surface area contributed by atoms with Crippen molar-refractivity contribution in [3.63, 3.8) is 0 Å². The lowest BCUT2D eigenvalue weighted by Gasteiger charge is -1.91. The molecule has 0 aliphatic carbocycles. The van der Waals surface area contributed by atoms with Crippen molar-refractivity contribution in [1.82, 2.24) is 24.8 Å². The Bertz CT molecular complexity index is 501. The van der Waals surface area contributed by atoms with Crippen LogP contribution in [0, 0.1) is 0 Å². The molecule has 0 spiro atoms. The summed E-state index contributed by atoms with van der Waals surface area (Å²) >= 11 is 0. The molecule has 2 heterocycles. The van der Waals surface area contributed by atoms with Gasteiger partial charge in [0.2, 0.25) is 0 Å². The summed E-state index contributed by atoms with van der Waals surface area (Å²) in [7, 11) is 1.81. The van der Waals surface area contributed by atoms with Gasteiger partial charge in [0.1, 0.15) is 0 Å². The molecule has 0 atom stereocenters. The molecule has 0 amide bonds. The predicted molar refractivity (Wildman–Crippen MR) is 54.1 cm³/mol. The summed E-state index contributed by atoms with van der Waals surface area (Å²) in [5.41, 5.74) is 0.646. The van der Waals surface area contributed by atoms with Gasteiger partial charge in [-0.1, -0.05) is 5.21 Å². The summed E-state index contributed by atoms with van der Waals surface area (Å²) in [5, 5.41) is 20.4. The number of aromatic nitrogens is 5. The Kier molecular flexibility index (Phi) is 2.67. The number of rotatable bonds is 4. The highest BCUT2D eigenvalue weighted by Crippen LogP contribution is 2.04. The van der Waals surface area contributed by atoms with Crippen molar-refractivity contribution in [2.75, 3.05) is 0 Å². The first-order valence-corrected chi connectivity index (χ1v) is 4.78. The highest BCUT2D eigenvalue weighted by Gasteiger charge is 2.06. The summed E-state index contributed by atoms with van der Waals surface area (Å²) < 4.78 is 3.19. The average molecular weight is 221 g/mol. The highest BCUT2D eigenvalue weighted by atomic mass is 16.4. The van der Waals surface area contributed by atoms with Crippen molar-refractivity contribution in [3.05, 3.63) is 24.2 Å². The lowest BCUT2D eigenvalue weighted by Crippen LogP contribution is -1.98. The van der Waals surface area contributed by atoms with Gasteiger partial charge in [-0.25, -0.2) is 4.68 Å². The van der Waals surface area contributed by atoms with Crippen molar-refractivity contribution < 1.29 is 9.90 Å². The molecule has 0 radical (unpaired) electrons. The van der Waals surface area contributed by atoms with E-state index in [9.17, 15) is 4.79 Å². The van der Waals surface area contributed by atoms with E-state index in [1.54, 1.807) is 23.1 Å².